The second kappa shape index (κ2) is 9.16. The largest absolute Gasteiger partial charge is 0.462 e. The van der Waals surface area contributed by atoms with Gasteiger partial charge in [-0.15, -0.1) is 0 Å². The van der Waals surface area contributed by atoms with Gasteiger partial charge in [0.25, 0.3) is 0 Å². The Morgan fingerprint density at radius 2 is 2.06 bits per heavy atom. The molecule has 0 aliphatic heterocycles. The SMILES string of the molecule is CC(=O)O[C@H]1CC[C@@]2(C)C(=CCC3C(C)C/C(C=O)=C(/n4cnc5ccccc54)CCCC32)C1. The molecular formula is C29H36N2O3. The third-order valence-electron chi connectivity index (χ3n) is 8.93. The Bertz CT molecular complexity index is 1160. The number of hydrogen-bond donors (Lipinski definition) is 0. The van der Waals surface area contributed by atoms with Crippen molar-refractivity contribution < 1.29 is 14.3 Å². The number of hydrogen-bond acceptors (Lipinski definition) is 4. The number of rotatable bonds is 3. The van der Waals surface area contributed by atoms with Crippen molar-refractivity contribution in [1.82, 2.24) is 9.55 Å². The van der Waals surface area contributed by atoms with Crippen molar-refractivity contribution in [2.75, 3.05) is 0 Å². The fraction of sp³-hybridized carbons (Fsp3) is 0.552. The molecule has 3 aliphatic rings. The minimum atomic E-state index is -0.175. The highest BCUT2D eigenvalue weighted by molar-refractivity contribution is 5.87. The first-order chi connectivity index (χ1) is 16.4. The van der Waals surface area contributed by atoms with Crippen molar-refractivity contribution in [1.29, 1.82) is 0 Å². The summed E-state index contributed by atoms with van der Waals surface area (Å²) in [4.78, 5) is 28.5. The Kier molecular flexibility index (Phi) is 6.22. The zero-order valence-corrected chi connectivity index (χ0v) is 20.6. The molecule has 34 heavy (non-hydrogen) atoms. The summed E-state index contributed by atoms with van der Waals surface area (Å²) in [6.45, 7) is 6.29. The number of carbonyl (C=O) groups excluding carboxylic acids is 2. The first-order valence-electron chi connectivity index (χ1n) is 12.9. The Labute approximate surface area is 202 Å². The first-order valence-corrected chi connectivity index (χ1v) is 12.9. The van der Waals surface area contributed by atoms with E-state index in [0.29, 0.717) is 17.8 Å². The summed E-state index contributed by atoms with van der Waals surface area (Å²) in [6, 6.07) is 8.16. The van der Waals surface area contributed by atoms with Crippen LogP contribution in [0.5, 0.6) is 0 Å². The normalized spacial score (nSPS) is 34.1. The third-order valence-corrected chi connectivity index (χ3v) is 8.93. The Balaban J connectivity index is 1.45. The zero-order chi connectivity index (χ0) is 23.9. The van der Waals surface area contributed by atoms with Crippen LogP contribution in [-0.4, -0.2) is 27.9 Å². The Morgan fingerprint density at radius 1 is 1.24 bits per heavy atom. The van der Waals surface area contributed by atoms with E-state index < -0.39 is 0 Å². The van der Waals surface area contributed by atoms with Gasteiger partial charge in [0.1, 0.15) is 18.7 Å². The van der Waals surface area contributed by atoms with Crippen molar-refractivity contribution in [2.45, 2.75) is 78.2 Å². The van der Waals surface area contributed by atoms with Crippen LogP contribution in [0.1, 0.15) is 72.1 Å². The number of carbonyl (C=O) groups is 2. The van der Waals surface area contributed by atoms with Crippen LogP contribution in [0.3, 0.4) is 0 Å². The number of allylic oxidation sites excluding steroid dienone is 3. The predicted molar refractivity (Wildman–Crippen MR) is 134 cm³/mol. The van der Waals surface area contributed by atoms with Gasteiger partial charge >= 0.3 is 5.97 Å². The summed E-state index contributed by atoms with van der Waals surface area (Å²) in [5.41, 5.74) is 5.72. The lowest BCUT2D eigenvalue weighted by molar-refractivity contribution is -0.148. The molecule has 5 heteroatoms. The van der Waals surface area contributed by atoms with Crippen molar-refractivity contribution in [3.8, 4) is 0 Å². The zero-order valence-electron chi connectivity index (χ0n) is 20.6. The number of esters is 1. The van der Waals surface area contributed by atoms with Crippen molar-refractivity contribution in [3.05, 3.63) is 47.8 Å². The van der Waals surface area contributed by atoms with E-state index in [1.54, 1.807) is 0 Å². The van der Waals surface area contributed by atoms with Gasteiger partial charge in [-0.05, 0) is 80.2 Å². The first kappa shape index (κ1) is 23.1. The fourth-order valence-electron chi connectivity index (χ4n) is 7.19. The van der Waals surface area contributed by atoms with E-state index in [2.05, 4.69) is 35.5 Å². The summed E-state index contributed by atoms with van der Waals surface area (Å²) in [5.74, 6) is 1.40. The van der Waals surface area contributed by atoms with Gasteiger partial charge in [-0.2, -0.15) is 0 Å². The van der Waals surface area contributed by atoms with Crippen LogP contribution in [0.15, 0.2) is 47.8 Å². The average molecular weight is 461 g/mol. The van der Waals surface area contributed by atoms with E-state index in [9.17, 15) is 9.59 Å². The molecule has 0 spiro atoms. The minimum absolute atomic E-state index is 0.0200. The molecule has 5 rings (SSSR count). The van der Waals surface area contributed by atoms with E-state index in [1.807, 2.05) is 24.5 Å². The molecule has 5 atom stereocenters. The molecule has 1 aromatic heterocycles. The van der Waals surface area contributed by atoms with E-state index in [0.717, 1.165) is 80.0 Å². The van der Waals surface area contributed by atoms with Gasteiger partial charge in [-0.25, -0.2) is 4.98 Å². The number of aromatic nitrogens is 2. The standard InChI is InChI=1S/C29H36N2O3/c1-19-15-21(17-32)27(31-18-30-26-8-4-5-9-28(26)31)10-6-7-25-24(19)12-11-22-16-23(34-20(2)33)13-14-29(22,25)3/h4-5,8-9,11,17-19,23-25H,6-7,10,12-16H2,1-3H3/b27-21-/t19?,23-,24?,25?,29-/m0/s1. The maximum absolute atomic E-state index is 12.4. The predicted octanol–water partition coefficient (Wildman–Crippen LogP) is 6.34. The van der Waals surface area contributed by atoms with Gasteiger partial charge in [-0.3, -0.25) is 9.59 Å². The number of imidazole rings is 1. The second-order valence-corrected chi connectivity index (χ2v) is 10.9. The summed E-state index contributed by atoms with van der Waals surface area (Å²) in [7, 11) is 0. The summed E-state index contributed by atoms with van der Waals surface area (Å²) in [6.07, 6.45) is 13.3. The smallest absolute Gasteiger partial charge is 0.302 e. The highest BCUT2D eigenvalue weighted by atomic mass is 16.5. The van der Waals surface area contributed by atoms with Gasteiger partial charge in [0.15, 0.2) is 0 Å². The second-order valence-electron chi connectivity index (χ2n) is 10.9. The molecule has 1 aromatic carbocycles. The number of ether oxygens (including phenoxy) is 1. The molecule has 0 N–H and O–H groups in total. The molecule has 0 radical (unpaired) electrons. The molecule has 5 nitrogen and oxygen atoms in total. The Hall–Kier alpha value is -2.69. The molecular weight excluding hydrogens is 424 g/mol. The molecule has 3 aliphatic carbocycles. The number of para-hydroxylation sites is 2. The molecule has 1 heterocycles. The highest BCUT2D eigenvalue weighted by Crippen LogP contribution is 2.57. The summed E-state index contributed by atoms with van der Waals surface area (Å²) in [5, 5.41) is 0. The van der Waals surface area contributed by atoms with Crippen molar-refractivity contribution in [3.63, 3.8) is 0 Å². The summed E-state index contributed by atoms with van der Waals surface area (Å²) >= 11 is 0. The molecule has 0 amide bonds. The maximum atomic E-state index is 12.4. The highest BCUT2D eigenvalue weighted by Gasteiger charge is 2.48. The van der Waals surface area contributed by atoms with E-state index in [-0.39, 0.29) is 17.5 Å². The topological polar surface area (TPSA) is 61.2 Å². The summed E-state index contributed by atoms with van der Waals surface area (Å²) < 4.78 is 7.74. The van der Waals surface area contributed by atoms with Crippen LogP contribution in [0.25, 0.3) is 16.7 Å². The minimum Gasteiger partial charge on any atom is -0.462 e. The van der Waals surface area contributed by atoms with Crippen LogP contribution in [-0.2, 0) is 14.3 Å². The van der Waals surface area contributed by atoms with Gasteiger partial charge in [0.05, 0.1) is 11.0 Å². The molecule has 0 bridgehead atoms. The monoisotopic (exact) mass is 460 g/mol. The maximum Gasteiger partial charge on any atom is 0.302 e. The fourth-order valence-corrected chi connectivity index (χ4v) is 7.19. The van der Waals surface area contributed by atoms with Crippen LogP contribution in [0.2, 0.25) is 0 Å². The van der Waals surface area contributed by atoms with Crippen LogP contribution in [0, 0.1) is 23.2 Å². The lowest BCUT2D eigenvalue weighted by Gasteiger charge is -2.52. The quantitative estimate of drug-likeness (QED) is 0.305. The lowest BCUT2D eigenvalue weighted by Crippen LogP contribution is -2.44. The van der Waals surface area contributed by atoms with E-state index in [4.69, 9.17) is 4.74 Å². The number of aldehydes is 1. The van der Waals surface area contributed by atoms with E-state index in [1.165, 1.54) is 12.5 Å². The molecule has 0 saturated heterocycles. The van der Waals surface area contributed by atoms with Crippen LogP contribution < -0.4 is 0 Å². The van der Waals surface area contributed by atoms with Crippen LogP contribution >= 0.6 is 0 Å². The van der Waals surface area contributed by atoms with Gasteiger partial charge in [0.2, 0.25) is 0 Å². The van der Waals surface area contributed by atoms with Gasteiger partial charge in [-0.1, -0.05) is 37.6 Å². The average Bonchev–Trinajstić information content (AvgIpc) is 3.26. The molecule has 1 saturated carbocycles. The van der Waals surface area contributed by atoms with Gasteiger partial charge < -0.3 is 9.30 Å². The molecule has 3 unspecified atom stereocenters. The lowest BCUT2D eigenvalue weighted by atomic mass is 9.53. The molecule has 2 aromatic rings. The van der Waals surface area contributed by atoms with E-state index >= 15 is 0 Å². The van der Waals surface area contributed by atoms with Crippen molar-refractivity contribution in [2.24, 2.45) is 23.2 Å². The third kappa shape index (κ3) is 4.03. The molecule has 180 valence electrons. The Morgan fingerprint density at radius 3 is 2.85 bits per heavy atom. The van der Waals surface area contributed by atoms with Gasteiger partial charge in [0, 0.05) is 24.6 Å². The number of fused-ring (bicyclic) bond motifs is 4. The number of benzene rings is 1. The van der Waals surface area contributed by atoms with Crippen LogP contribution in [0.4, 0.5) is 0 Å². The molecule has 1 fully saturated rings. The van der Waals surface area contributed by atoms with Crippen molar-refractivity contribution >= 4 is 29.0 Å². The number of nitrogens with zero attached hydrogens (tertiary/aromatic N) is 2.